The number of aliphatic carboxylic acids is 1. The van der Waals surface area contributed by atoms with Gasteiger partial charge in [0.25, 0.3) is 0 Å². The standard InChI is InChI=1S/C14H19NO3/c1-10(2)14(18)15-12-8-6-11(7-9-12)4-3-5-13(16)17/h6-10H,3-5H2,1-2H3,(H,15,18)(H,16,17). The fraction of sp³-hybridized carbons (Fsp3) is 0.429. The Hall–Kier alpha value is -1.84. The van der Waals surface area contributed by atoms with Gasteiger partial charge in [0.15, 0.2) is 0 Å². The second-order valence-corrected chi connectivity index (χ2v) is 4.59. The molecule has 2 N–H and O–H groups in total. The van der Waals surface area contributed by atoms with Crippen LogP contribution in [-0.4, -0.2) is 17.0 Å². The second-order valence-electron chi connectivity index (χ2n) is 4.59. The lowest BCUT2D eigenvalue weighted by Gasteiger charge is -2.08. The van der Waals surface area contributed by atoms with Crippen LogP contribution in [0.2, 0.25) is 0 Å². The van der Waals surface area contributed by atoms with Crippen molar-refractivity contribution in [2.75, 3.05) is 5.32 Å². The third-order valence-electron chi connectivity index (χ3n) is 2.60. The molecule has 1 aromatic rings. The molecule has 4 nitrogen and oxygen atoms in total. The average Bonchev–Trinajstić information content (AvgIpc) is 2.30. The van der Waals surface area contributed by atoms with Gasteiger partial charge in [0.05, 0.1) is 0 Å². The van der Waals surface area contributed by atoms with E-state index < -0.39 is 5.97 Å². The maximum atomic E-state index is 11.5. The normalized spacial score (nSPS) is 10.4. The molecule has 0 heterocycles. The van der Waals surface area contributed by atoms with Crippen molar-refractivity contribution in [3.8, 4) is 0 Å². The minimum absolute atomic E-state index is 0.00590. The Morgan fingerprint density at radius 3 is 2.33 bits per heavy atom. The molecule has 0 aliphatic carbocycles. The Morgan fingerprint density at radius 2 is 1.83 bits per heavy atom. The van der Waals surface area contributed by atoms with Gasteiger partial charge in [-0.3, -0.25) is 9.59 Å². The lowest BCUT2D eigenvalue weighted by molar-refractivity contribution is -0.137. The van der Waals surface area contributed by atoms with E-state index >= 15 is 0 Å². The predicted octanol–water partition coefficient (Wildman–Crippen LogP) is 2.69. The van der Waals surface area contributed by atoms with Gasteiger partial charge in [0.2, 0.25) is 5.91 Å². The molecule has 0 bridgehead atoms. The molecule has 0 saturated carbocycles. The van der Waals surface area contributed by atoms with Crippen LogP contribution >= 0.6 is 0 Å². The molecule has 0 aromatic heterocycles. The van der Waals surface area contributed by atoms with Gasteiger partial charge in [-0.1, -0.05) is 26.0 Å². The fourth-order valence-electron chi connectivity index (χ4n) is 1.49. The van der Waals surface area contributed by atoms with E-state index in [2.05, 4.69) is 5.32 Å². The van der Waals surface area contributed by atoms with Crippen LogP contribution in [0, 0.1) is 5.92 Å². The van der Waals surface area contributed by atoms with E-state index in [1.165, 1.54) is 0 Å². The van der Waals surface area contributed by atoms with Crippen molar-refractivity contribution in [1.82, 2.24) is 0 Å². The quantitative estimate of drug-likeness (QED) is 0.814. The number of carbonyl (C=O) groups excluding carboxylic acids is 1. The van der Waals surface area contributed by atoms with Gasteiger partial charge in [-0.25, -0.2) is 0 Å². The molecule has 4 heteroatoms. The van der Waals surface area contributed by atoms with E-state index in [0.29, 0.717) is 6.42 Å². The summed E-state index contributed by atoms with van der Waals surface area (Å²) in [6.07, 6.45) is 1.56. The molecule has 0 saturated heterocycles. The molecule has 0 spiro atoms. The van der Waals surface area contributed by atoms with Crippen LogP contribution in [0.4, 0.5) is 5.69 Å². The van der Waals surface area contributed by atoms with Crippen LogP contribution in [0.3, 0.4) is 0 Å². The van der Waals surface area contributed by atoms with Crippen molar-refractivity contribution in [2.45, 2.75) is 33.1 Å². The van der Waals surface area contributed by atoms with Crippen LogP contribution in [-0.2, 0) is 16.0 Å². The summed E-state index contributed by atoms with van der Waals surface area (Å²) in [6.45, 7) is 3.69. The Bertz CT molecular complexity index is 410. The minimum Gasteiger partial charge on any atom is -0.481 e. The zero-order chi connectivity index (χ0) is 13.5. The summed E-state index contributed by atoms with van der Waals surface area (Å²) in [5.41, 5.74) is 1.86. The lowest BCUT2D eigenvalue weighted by atomic mass is 10.1. The highest BCUT2D eigenvalue weighted by Crippen LogP contribution is 2.12. The molecule has 0 fully saturated rings. The number of anilines is 1. The Labute approximate surface area is 107 Å². The molecule has 1 aromatic carbocycles. The number of amides is 1. The maximum Gasteiger partial charge on any atom is 0.303 e. The summed E-state index contributed by atoms with van der Waals surface area (Å²) >= 11 is 0. The van der Waals surface area contributed by atoms with Gasteiger partial charge in [-0.15, -0.1) is 0 Å². The van der Waals surface area contributed by atoms with E-state index in [1.54, 1.807) is 0 Å². The smallest absolute Gasteiger partial charge is 0.303 e. The molecule has 0 aliphatic heterocycles. The number of hydrogen-bond donors (Lipinski definition) is 2. The average molecular weight is 249 g/mol. The third-order valence-corrected chi connectivity index (χ3v) is 2.60. The summed E-state index contributed by atoms with van der Waals surface area (Å²) in [4.78, 5) is 21.8. The topological polar surface area (TPSA) is 66.4 Å². The van der Waals surface area contributed by atoms with Gasteiger partial charge < -0.3 is 10.4 Å². The fourth-order valence-corrected chi connectivity index (χ4v) is 1.49. The van der Waals surface area contributed by atoms with Crippen molar-refractivity contribution >= 4 is 17.6 Å². The number of hydrogen-bond acceptors (Lipinski definition) is 2. The minimum atomic E-state index is -0.768. The van der Waals surface area contributed by atoms with Crippen molar-refractivity contribution < 1.29 is 14.7 Å². The van der Waals surface area contributed by atoms with Gasteiger partial charge in [-0.05, 0) is 30.5 Å². The Balaban J connectivity index is 2.47. The highest BCUT2D eigenvalue weighted by molar-refractivity contribution is 5.92. The highest BCUT2D eigenvalue weighted by atomic mass is 16.4. The van der Waals surface area contributed by atoms with E-state index in [9.17, 15) is 9.59 Å². The highest BCUT2D eigenvalue weighted by Gasteiger charge is 2.06. The largest absolute Gasteiger partial charge is 0.481 e. The molecule has 1 amide bonds. The Kier molecular flexibility index (Phi) is 5.36. The predicted molar refractivity (Wildman–Crippen MR) is 70.5 cm³/mol. The summed E-state index contributed by atoms with van der Waals surface area (Å²) in [5, 5.41) is 11.3. The van der Waals surface area contributed by atoms with E-state index in [4.69, 9.17) is 5.11 Å². The van der Waals surface area contributed by atoms with Crippen LogP contribution in [0.5, 0.6) is 0 Å². The van der Waals surface area contributed by atoms with Gasteiger partial charge >= 0.3 is 5.97 Å². The second kappa shape index (κ2) is 6.79. The first-order valence-electron chi connectivity index (χ1n) is 6.10. The SMILES string of the molecule is CC(C)C(=O)Nc1ccc(CCCC(=O)O)cc1. The number of benzene rings is 1. The van der Waals surface area contributed by atoms with Gasteiger partial charge in [0, 0.05) is 18.0 Å². The van der Waals surface area contributed by atoms with Crippen molar-refractivity contribution in [1.29, 1.82) is 0 Å². The molecule has 98 valence electrons. The van der Waals surface area contributed by atoms with E-state index in [0.717, 1.165) is 17.7 Å². The van der Waals surface area contributed by atoms with E-state index in [-0.39, 0.29) is 18.2 Å². The molecule has 18 heavy (non-hydrogen) atoms. The summed E-state index contributed by atoms with van der Waals surface area (Å²) in [5.74, 6) is -0.815. The van der Waals surface area contributed by atoms with Crippen LogP contribution < -0.4 is 5.32 Å². The van der Waals surface area contributed by atoms with Crippen LogP contribution in [0.1, 0.15) is 32.3 Å². The first-order valence-corrected chi connectivity index (χ1v) is 6.10. The molecule has 0 aliphatic rings. The number of carboxylic acids is 1. The molecular formula is C14H19NO3. The van der Waals surface area contributed by atoms with Gasteiger partial charge in [-0.2, -0.15) is 0 Å². The lowest BCUT2D eigenvalue weighted by Crippen LogP contribution is -2.17. The summed E-state index contributed by atoms with van der Waals surface area (Å²) in [7, 11) is 0. The Morgan fingerprint density at radius 1 is 1.22 bits per heavy atom. The number of carbonyl (C=O) groups is 2. The molecule has 0 unspecified atom stereocenters. The summed E-state index contributed by atoms with van der Waals surface area (Å²) < 4.78 is 0. The first-order chi connectivity index (χ1) is 8.49. The number of aryl methyl sites for hydroxylation is 1. The maximum absolute atomic E-state index is 11.5. The summed E-state index contributed by atoms with van der Waals surface area (Å²) in [6, 6.07) is 7.52. The zero-order valence-corrected chi connectivity index (χ0v) is 10.8. The van der Waals surface area contributed by atoms with Crippen molar-refractivity contribution in [3.05, 3.63) is 29.8 Å². The van der Waals surface area contributed by atoms with Gasteiger partial charge in [0.1, 0.15) is 0 Å². The van der Waals surface area contributed by atoms with Crippen molar-refractivity contribution in [2.24, 2.45) is 5.92 Å². The van der Waals surface area contributed by atoms with Crippen molar-refractivity contribution in [3.63, 3.8) is 0 Å². The molecule has 0 atom stereocenters. The number of carboxylic acid groups (broad SMARTS) is 1. The number of nitrogens with one attached hydrogen (secondary N) is 1. The van der Waals surface area contributed by atoms with Crippen LogP contribution in [0.15, 0.2) is 24.3 Å². The molecular weight excluding hydrogens is 230 g/mol. The first kappa shape index (κ1) is 14.2. The molecule has 0 radical (unpaired) electrons. The third kappa shape index (κ3) is 4.99. The number of rotatable bonds is 6. The van der Waals surface area contributed by atoms with Crippen LogP contribution in [0.25, 0.3) is 0 Å². The van der Waals surface area contributed by atoms with E-state index in [1.807, 2.05) is 38.1 Å². The zero-order valence-electron chi connectivity index (χ0n) is 10.8. The molecule has 1 rings (SSSR count). The monoisotopic (exact) mass is 249 g/mol.